The van der Waals surface area contributed by atoms with E-state index in [1.807, 2.05) is 55.8 Å². The Bertz CT molecular complexity index is 3460. The van der Waals surface area contributed by atoms with Crippen LogP contribution in [-0.4, -0.2) is 115 Å². The van der Waals surface area contributed by atoms with Crippen LogP contribution in [0.5, 0.6) is 0 Å². The molecule has 4 atom stereocenters. The summed E-state index contributed by atoms with van der Waals surface area (Å²) in [4.78, 5) is 73.5. The van der Waals surface area contributed by atoms with Crippen molar-refractivity contribution in [3.8, 4) is 23.5 Å². The summed E-state index contributed by atoms with van der Waals surface area (Å²) in [5.74, 6) is 3.19. The summed E-state index contributed by atoms with van der Waals surface area (Å²) in [6, 6.07) is 13.8. The first-order valence-corrected chi connectivity index (χ1v) is 30.3. The van der Waals surface area contributed by atoms with Crippen molar-refractivity contribution in [3.05, 3.63) is 95.1 Å². The molecule has 6 aromatic rings. The maximum absolute atomic E-state index is 14.5. The first kappa shape index (κ1) is 56.9. The molecule has 0 unspecified atom stereocenters. The van der Waals surface area contributed by atoms with Gasteiger partial charge in [-0.05, 0) is 154 Å². The zero-order valence-electron chi connectivity index (χ0n) is 46.9. The van der Waals surface area contributed by atoms with Gasteiger partial charge in [-0.25, -0.2) is 28.1 Å². The number of aryl methyl sites for hydroxylation is 1. The number of nitrogens with one attached hydrogen (secondary N) is 4. The third kappa shape index (κ3) is 12.6. The van der Waals surface area contributed by atoms with Crippen molar-refractivity contribution < 1.29 is 32.7 Å². The van der Waals surface area contributed by atoms with Gasteiger partial charge in [0.15, 0.2) is 16.8 Å². The number of nitrogens with zero attached hydrogens (tertiary/aromatic N) is 9. The number of hydrogen-bond acceptors (Lipinski definition) is 16. The van der Waals surface area contributed by atoms with E-state index < -0.39 is 69.0 Å². The van der Waals surface area contributed by atoms with Crippen molar-refractivity contribution in [2.24, 2.45) is 28.6 Å². The number of aromatic nitrogens is 7. The van der Waals surface area contributed by atoms with Crippen LogP contribution in [0.1, 0.15) is 131 Å². The number of benzene rings is 1. The zero-order chi connectivity index (χ0) is 57.5. The van der Waals surface area contributed by atoms with Gasteiger partial charge in [0.2, 0.25) is 27.7 Å². The minimum absolute atomic E-state index is 0.00632. The number of carbonyl (C=O) groups excluding carboxylic acids is 4. The third-order valence-corrected chi connectivity index (χ3v) is 18.9. The molecule has 22 heteroatoms. The first-order chi connectivity index (χ1) is 38.5. The van der Waals surface area contributed by atoms with Gasteiger partial charge in [-0.3, -0.25) is 23.9 Å². The average Bonchev–Trinajstić information content (AvgIpc) is 4.20. The summed E-state index contributed by atoms with van der Waals surface area (Å²) >= 11 is 1.39. The summed E-state index contributed by atoms with van der Waals surface area (Å²) in [6.07, 6.45) is 15.6. The molecule has 1 aromatic carbocycles. The second-order valence-electron chi connectivity index (χ2n) is 24.0. The van der Waals surface area contributed by atoms with Crippen LogP contribution in [0, 0.1) is 54.8 Å². The number of carbonyl (C=O) groups is 4. The number of sulfonamides is 1. The lowest BCUT2D eigenvalue weighted by Crippen LogP contribution is -2.57. The number of terminal acetylenes is 1. The van der Waals surface area contributed by atoms with Crippen LogP contribution in [0.4, 0.5) is 22.6 Å². The topological polar surface area (TPSA) is 260 Å². The fraction of sp³-hybridized carbons (Fsp3) is 0.492. The number of rotatable bonds is 19. The number of aliphatic hydroxyl groups is 1. The second kappa shape index (κ2) is 22.9. The molecule has 4 aliphatic carbocycles. The quantitative estimate of drug-likeness (QED) is 0.0385. The maximum atomic E-state index is 14.5. The number of anilines is 4. The lowest BCUT2D eigenvalue weighted by molar-refractivity contribution is -0.144. The van der Waals surface area contributed by atoms with Gasteiger partial charge in [0, 0.05) is 61.6 Å². The number of likely N-dealkylation sites (tertiary alicyclic amines) is 1. The Labute approximate surface area is 476 Å². The molecule has 1 saturated heterocycles. The number of hydrogen-bond donors (Lipinski definition) is 5. The van der Waals surface area contributed by atoms with E-state index in [2.05, 4.69) is 46.8 Å². The van der Waals surface area contributed by atoms with E-state index in [0.29, 0.717) is 39.3 Å². The van der Waals surface area contributed by atoms with E-state index in [9.17, 15) is 32.7 Å². The van der Waals surface area contributed by atoms with Gasteiger partial charge in [-0.2, -0.15) is 5.10 Å². The number of β-amino-alcohol motifs (C(OH)–C–C–N with tert-alkyl or cyclic N) is 1. The minimum Gasteiger partial charge on any atom is -0.391 e. The highest BCUT2D eigenvalue weighted by atomic mass is 32.2. The fourth-order valence-corrected chi connectivity index (χ4v) is 14.8. The van der Waals surface area contributed by atoms with Crippen molar-refractivity contribution >= 4 is 77.9 Å². The molecule has 20 nitrogen and oxygen atoms in total. The molecule has 1 aliphatic heterocycles. The fourth-order valence-electron chi connectivity index (χ4n) is 12.9. The molecule has 5 fully saturated rings. The molecule has 4 bridgehead atoms. The Kier molecular flexibility index (Phi) is 16.1. The lowest BCUT2D eigenvalue weighted by Gasteiger charge is -2.56. The zero-order valence-corrected chi connectivity index (χ0v) is 48.5. The van der Waals surface area contributed by atoms with Crippen molar-refractivity contribution in [1.29, 1.82) is 0 Å². The van der Waals surface area contributed by atoms with E-state index in [0.717, 1.165) is 51.5 Å². The number of fused-ring (bicyclic) bond motifs is 1. The van der Waals surface area contributed by atoms with Gasteiger partial charge < -0.3 is 30.9 Å². The smallest absolute Gasteiger partial charge is 0.284 e. The summed E-state index contributed by atoms with van der Waals surface area (Å²) in [5, 5.41) is 34.2. The van der Waals surface area contributed by atoms with E-state index in [1.165, 1.54) is 54.8 Å². The molecule has 0 spiro atoms. The van der Waals surface area contributed by atoms with Crippen LogP contribution in [-0.2, 0) is 31.0 Å². The highest BCUT2D eigenvalue weighted by Crippen LogP contribution is 2.60. The molecule has 426 valence electrons. The van der Waals surface area contributed by atoms with E-state index in [4.69, 9.17) is 16.5 Å². The number of unbranched alkanes of at least 4 members (excludes halogenated alkanes) is 1. The van der Waals surface area contributed by atoms with Gasteiger partial charge in [-0.15, -0.1) is 16.6 Å². The Morgan fingerprint density at radius 1 is 0.926 bits per heavy atom. The number of amides is 4. The predicted octanol–water partition coefficient (Wildman–Crippen LogP) is 7.67. The van der Waals surface area contributed by atoms with Crippen molar-refractivity contribution in [2.75, 3.05) is 29.6 Å². The Morgan fingerprint density at radius 2 is 1.64 bits per heavy atom. The molecule has 5 aliphatic rings. The van der Waals surface area contributed by atoms with Gasteiger partial charge in [0.1, 0.15) is 33.9 Å². The van der Waals surface area contributed by atoms with Crippen molar-refractivity contribution in [2.45, 2.75) is 137 Å². The van der Waals surface area contributed by atoms with Gasteiger partial charge in [0.25, 0.3) is 5.91 Å². The number of thiazole rings is 1. The molecule has 5 N–H and O–H groups in total. The predicted molar refractivity (Wildman–Crippen MR) is 310 cm³/mol. The van der Waals surface area contributed by atoms with Crippen molar-refractivity contribution in [3.63, 3.8) is 0 Å². The van der Waals surface area contributed by atoms with E-state index in [-0.39, 0.29) is 43.3 Å². The second-order valence-corrected chi connectivity index (χ2v) is 26.8. The number of pyridine rings is 2. The largest absolute Gasteiger partial charge is 0.391 e. The van der Waals surface area contributed by atoms with Gasteiger partial charge in [-0.1, -0.05) is 50.2 Å². The SMILES string of the molecule is C#Cc1ccc([C@H](C)NC(=O)[C@@H]2C[C@@H](O)CN2C(=O)[C@@H](NC(=O)CCCCS(=O)(=O)NC(=O)c2nc(N(C)c3cc(C)c(Nc4nc5cccnc5s4)nn3)ccc2-c2cnn(CC34CC5CC(CC(C5)C3)C4)c2C)C(C)(C)C)cc1. The monoisotopic (exact) mass is 1140 g/mol. The molecule has 4 saturated carbocycles. The molecule has 0 radical (unpaired) electrons. The molecule has 5 aromatic heterocycles. The van der Waals surface area contributed by atoms with Crippen LogP contribution in [0.25, 0.3) is 21.5 Å². The molecule has 11 rings (SSSR count). The van der Waals surface area contributed by atoms with E-state index in [1.54, 1.807) is 69.4 Å². The maximum Gasteiger partial charge on any atom is 0.284 e. The normalized spacial score (nSPS) is 22.0. The van der Waals surface area contributed by atoms with E-state index >= 15 is 0 Å². The minimum atomic E-state index is -4.29. The molecule has 4 amide bonds. The first-order valence-electron chi connectivity index (χ1n) is 27.8. The average molecular weight is 1140 g/mol. The summed E-state index contributed by atoms with van der Waals surface area (Å²) in [6.45, 7) is 11.7. The van der Waals surface area contributed by atoms with Crippen LogP contribution >= 0.6 is 11.3 Å². The van der Waals surface area contributed by atoms with Crippen LogP contribution in [0.2, 0.25) is 0 Å². The molecular formula is C59H71N13O7S2. The standard InChI is InChI=1S/C59H71N13O7S2/c1-9-37-15-17-41(18-16-37)35(3)62-53(75)46-27-42(73)32-71(46)56(77)51(58(5,6)7)65-49(74)14-10-11-22-81(78,79)69-54(76)50-43(44-31-61-72(36(44)4)33-59-28-38-24-39(29-59)26-40(25-38)30-59)19-20-47(64-50)70(8)48-23-34(2)52(68-67-48)66-57-63-45-13-12-21-60-55(45)80-57/h1,12-13,15-21,23,31,35,38-40,42,46,51,73H,10-11,14,22,24-30,32-33H2,2-8H3,(H,62,75)(H,65,74)(H,69,76)(H,63,66,68)/t35-,38?,39?,40?,42+,46-,51+,59?/m0/s1. The Morgan fingerprint density at radius 3 is 2.31 bits per heavy atom. The summed E-state index contributed by atoms with van der Waals surface area (Å²) in [5.41, 5.74) is 4.20. The summed E-state index contributed by atoms with van der Waals surface area (Å²) in [7, 11) is -2.55. The van der Waals surface area contributed by atoms with Gasteiger partial charge in [0.05, 0.1) is 24.1 Å². The third-order valence-electron chi connectivity index (χ3n) is 16.7. The number of aliphatic hydroxyl groups excluding tert-OH is 1. The Balaban J connectivity index is 0.809. The lowest BCUT2D eigenvalue weighted by atomic mass is 9.49. The molecular weight excluding hydrogens is 1070 g/mol. The molecule has 6 heterocycles. The van der Waals surface area contributed by atoms with Crippen molar-refractivity contribution in [1.82, 2.24) is 55.2 Å². The van der Waals surface area contributed by atoms with Crippen LogP contribution < -0.4 is 25.6 Å². The highest BCUT2D eigenvalue weighted by molar-refractivity contribution is 7.90. The highest BCUT2D eigenvalue weighted by Gasteiger charge is 2.51. The Hall–Kier alpha value is -7.35. The summed E-state index contributed by atoms with van der Waals surface area (Å²) < 4.78 is 32.0. The van der Waals surface area contributed by atoms with Crippen LogP contribution in [0.3, 0.4) is 0 Å². The van der Waals surface area contributed by atoms with Gasteiger partial charge >= 0.3 is 0 Å². The van der Waals surface area contributed by atoms with Crippen LogP contribution in [0.15, 0.2) is 67.0 Å². The molecule has 81 heavy (non-hydrogen) atoms.